The maximum absolute atomic E-state index is 12.8. The predicted octanol–water partition coefficient (Wildman–Crippen LogP) is 3.60. The molecule has 0 aliphatic rings. The van der Waals surface area contributed by atoms with E-state index in [1.54, 1.807) is 12.1 Å². The standard InChI is InChI=1S/C19H17NO5/c1-22-15-9-13(10-16(23-2)18(15)24-3)17(21)14-11-25-19(20-14)12-7-5-4-6-8-12/h4-11H,1-3H3. The summed E-state index contributed by atoms with van der Waals surface area (Å²) >= 11 is 0. The number of carbonyl (C=O) groups is 1. The lowest BCUT2D eigenvalue weighted by Crippen LogP contribution is -2.04. The van der Waals surface area contributed by atoms with Crippen LogP contribution in [0.4, 0.5) is 0 Å². The molecule has 0 N–H and O–H groups in total. The van der Waals surface area contributed by atoms with Crippen LogP contribution < -0.4 is 14.2 Å². The van der Waals surface area contributed by atoms with Crippen LogP contribution in [0.3, 0.4) is 0 Å². The lowest BCUT2D eigenvalue weighted by atomic mass is 10.1. The fourth-order valence-electron chi connectivity index (χ4n) is 2.45. The van der Waals surface area contributed by atoms with Gasteiger partial charge in [-0.2, -0.15) is 0 Å². The fraction of sp³-hybridized carbons (Fsp3) is 0.158. The van der Waals surface area contributed by atoms with Gasteiger partial charge in [0.05, 0.1) is 21.3 Å². The fourth-order valence-corrected chi connectivity index (χ4v) is 2.45. The smallest absolute Gasteiger partial charge is 0.226 e. The highest BCUT2D eigenvalue weighted by atomic mass is 16.5. The highest BCUT2D eigenvalue weighted by molar-refractivity contribution is 6.08. The van der Waals surface area contributed by atoms with Crippen molar-refractivity contribution in [3.63, 3.8) is 0 Å². The van der Waals surface area contributed by atoms with E-state index in [1.807, 2.05) is 30.3 Å². The maximum atomic E-state index is 12.8. The molecule has 3 rings (SSSR count). The Labute approximate surface area is 145 Å². The Hall–Kier alpha value is -3.28. The molecule has 0 unspecified atom stereocenters. The van der Waals surface area contributed by atoms with Crippen molar-refractivity contribution < 1.29 is 23.4 Å². The molecule has 0 fully saturated rings. The highest BCUT2D eigenvalue weighted by Gasteiger charge is 2.20. The van der Waals surface area contributed by atoms with Crippen molar-refractivity contribution in [3.05, 3.63) is 60.0 Å². The van der Waals surface area contributed by atoms with E-state index in [0.29, 0.717) is 28.7 Å². The highest BCUT2D eigenvalue weighted by Crippen LogP contribution is 2.38. The molecule has 1 aromatic heterocycles. The Kier molecular flexibility index (Phi) is 4.70. The summed E-state index contributed by atoms with van der Waals surface area (Å²) in [5, 5.41) is 0. The van der Waals surface area contributed by atoms with Gasteiger partial charge in [-0.05, 0) is 24.3 Å². The topological polar surface area (TPSA) is 70.8 Å². The van der Waals surface area contributed by atoms with E-state index in [1.165, 1.54) is 27.6 Å². The van der Waals surface area contributed by atoms with Gasteiger partial charge in [-0.25, -0.2) is 4.98 Å². The molecule has 2 aromatic carbocycles. The zero-order valence-electron chi connectivity index (χ0n) is 14.1. The summed E-state index contributed by atoms with van der Waals surface area (Å²) in [7, 11) is 4.50. The number of benzene rings is 2. The first-order chi connectivity index (χ1) is 12.2. The number of rotatable bonds is 6. The molecule has 0 saturated heterocycles. The Morgan fingerprint density at radius 3 is 2.16 bits per heavy atom. The molecule has 0 amide bonds. The van der Waals surface area contributed by atoms with Crippen molar-refractivity contribution in [1.29, 1.82) is 0 Å². The van der Waals surface area contributed by atoms with Gasteiger partial charge in [0.15, 0.2) is 17.2 Å². The average molecular weight is 339 g/mol. The van der Waals surface area contributed by atoms with Crippen molar-refractivity contribution in [2.45, 2.75) is 0 Å². The van der Waals surface area contributed by atoms with E-state index < -0.39 is 0 Å². The number of aromatic nitrogens is 1. The zero-order chi connectivity index (χ0) is 17.8. The summed E-state index contributed by atoms with van der Waals surface area (Å²) in [6.45, 7) is 0. The van der Waals surface area contributed by atoms with Crippen LogP contribution >= 0.6 is 0 Å². The minimum atomic E-state index is -0.301. The van der Waals surface area contributed by atoms with Gasteiger partial charge in [-0.1, -0.05) is 18.2 Å². The number of nitrogens with zero attached hydrogens (tertiary/aromatic N) is 1. The van der Waals surface area contributed by atoms with Gasteiger partial charge < -0.3 is 18.6 Å². The van der Waals surface area contributed by atoms with E-state index in [-0.39, 0.29) is 11.5 Å². The maximum Gasteiger partial charge on any atom is 0.226 e. The molecule has 0 spiro atoms. The number of hydrogen-bond acceptors (Lipinski definition) is 6. The second-order valence-electron chi connectivity index (χ2n) is 5.15. The number of methoxy groups -OCH3 is 3. The summed E-state index contributed by atoms with van der Waals surface area (Å²) in [6.07, 6.45) is 1.34. The largest absolute Gasteiger partial charge is 0.493 e. The molecular formula is C19H17NO5. The summed E-state index contributed by atoms with van der Waals surface area (Å²) < 4.78 is 21.3. The third-order valence-electron chi connectivity index (χ3n) is 3.68. The van der Waals surface area contributed by atoms with Gasteiger partial charge in [0.1, 0.15) is 6.26 Å². The molecule has 0 atom stereocenters. The van der Waals surface area contributed by atoms with Gasteiger partial charge in [0, 0.05) is 11.1 Å². The van der Waals surface area contributed by atoms with E-state index in [9.17, 15) is 4.79 Å². The van der Waals surface area contributed by atoms with Crippen LogP contribution in [-0.4, -0.2) is 32.1 Å². The molecule has 0 aliphatic heterocycles. The van der Waals surface area contributed by atoms with E-state index in [0.717, 1.165) is 5.56 Å². The van der Waals surface area contributed by atoms with Gasteiger partial charge >= 0.3 is 0 Å². The molecule has 128 valence electrons. The van der Waals surface area contributed by atoms with E-state index in [2.05, 4.69) is 4.98 Å². The first-order valence-electron chi connectivity index (χ1n) is 7.53. The van der Waals surface area contributed by atoms with Crippen LogP contribution in [0.1, 0.15) is 16.1 Å². The second-order valence-corrected chi connectivity index (χ2v) is 5.15. The van der Waals surface area contributed by atoms with Crippen molar-refractivity contribution >= 4 is 5.78 Å². The van der Waals surface area contributed by atoms with Gasteiger partial charge in [0.2, 0.25) is 17.4 Å². The Bertz CT molecular complexity index is 861. The minimum Gasteiger partial charge on any atom is -0.493 e. The normalized spacial score (nSPS) is 10.4. The van der Waals surface area contributed by atoms with Crippen LogP contribution in [-0.2, 0) is 0 Å². The number of hydrogen-bond donors (Lipinski definition) is 0. The molecule has 0 saturated carbocycles. The van der Waals surface area contributed by atoms with E-state index in [4.69, 9.17) is 18.6 Å². The SMILES string of the molecule is COc1cc(C(=O)c2coc(-c3ccccc3)n2)cc(OC)c1OC. The van der Waals surface area contributed by atoms with Crippen molar-refractivity contribution in [2.75, 3.05) is 21.3 Å². The summed E-state index contributed by atoms with van der Waals surface area (Å²) in [4.78, 5) is 17.0. The molecular weight excluding hydrogens is 322 g/mol. The van der Waals surface area contributed by atoms with Crippen LogP contribution in [0.5, 0.6) is 17.2 Å². The summed E-state index contributed by atoms with van der Waals surface area (Å²) in [6, 6.07) is 12.5. The number of carbonyl (C=O) groups excluding carboxylic acids is 1. The first kappa shape index (κ1) is 16.6. The Morgan fingerprint density at radius 2 is 1.60 bits per heavy atom. The average Bonchev–Trinajstić information content (AvgIpc) is 3.17. The molecule has 0 radical (unpaired) electrons. The van der Waals surface area contributed by atoms with Crippen molar-refractivity contribution in [3.8, 4) is 28.7 Å². The molecule has 6 nitrogen and oxygen atoms in total. The number of ether oxygens (including phenoxy) is 3. The Balaban J connectivity index is 1.97. The van der Waals surface area contributed by atoms with Crippen LogP contribution in [0, 0.1) is 0 Å². The van der Waals surface area contributed by atoms with Crippen molar-refractivity contribution in [1.82, 2.24) is 4.98 Å². The first-order valence-corrected chi connectivity index (χ1v) is 7.53. The molecule has 0 aliphatic carbocycles. The second kappa shape index (κ2) is 7.09. The van der Waals surface area contributed by atoms with Gasteiger partial charge in [0.25, 0.3) is 0 Å². The van der Waals surface area contributed by atoms with Crippen LogP contribution in [0.15, 0.2) is 53.1 Å². The molecule has 25 heavy (non-hydrogen) atoms. The third kappa shape index (κ3) is 3.19. The quantitative estimate of drug-likeness (QED) is 0.639. The summed E-state index contributed by atoms with van der Waals surface area (Å²) in [5.41, 5.74) is 1.36. The molecule has 6 heteroatoms. The van der Waals surface area contributed by atoms with Crippen molar-refractivity contribution in [2.24, 2.45) is 0 Å². The van der Waals surface area contributed by atoms with Gasteiger partial charge in [-0.3, -0.25) is 4.79 Å². The number of oxazole rings is 1. The number of ketones is 1. The third-order valence-corrected chi connectivity index (χ3v) is 3.68. The minimum absolute atomic E-state index is 0.202. The molecule has 0 bridgehead atoms. The molecule has 3 aromatic rings. The zero-order valence-corrected chi connectivity index (χ0v) is 14.1. The monoisotopic (exact) mass is 339 g/mol. The summed E-state index contributed by atoms with van der Waals surface area (Å²) in [5.74, 6) is 1.31. The van der Waals surface area contributed by atoms with Crippen LogP contribution in [0.25, 0.3) is 11.5 Å². The van der Waals surface area contributed by atoms with E-state index >= 15 is 0 Å². The van der Waals surface area contributed by atoms with Gasteiger partial charge in [-0.15, -0.1) is 0 Å². The predicted molar refractivity (Wildman–Crippen MR) is 91.5 cm³/mol. The van der Waals surface area contributed by atoms with Crippen LogP contribution in [0.2, 0.25) is 0 Å². The molecule has 1 heterocycles. The lowest BCUT2D eigenvalue weighted by Gasteiger charge is -2.13. The lowest BCUT2D eigenvalue weighted by molar-refractivity contribution is 0.103. The Morgan fingerprint density at radius 1 is 0.960 bits per heavy atom.